The molecule has 128 valence electrons. The molecule has 1 heterocycles. The van der Waals surface area contributed by atoms with Gasteiger partial charge in [-0.15, -0.1) is 0 Å². The van der Waals surface area contributed by atoms with Gasteiger partial charge in [-0.3, -0.25) is 5.32 Å². The van der Waals surface area contributed by atoms with Gasteiger partial charge in [0.1, 0.15) is 6.10 Å². The number of hydrogen-bond acceptors (Lipinski definition) is 5. The fraction of sp³-hybridized carbons (Fsp3) is 0.588. The predicted molar refractivity (Wildman–Crippen MR) is 90.5 cm³/mol. The van der Waals surface area contributed by atoms with Gasteiger partial charge < -0.3 is 15.7 Å². The number of piperidine rings is 1. The molecule has 6 heteroatoms. The molecule has 0 aliphatic carbocycles. The molecule has 0 radical (unpaired) electrons. The van der Waals surface area contributed by atoms with Crippen LogP contribution in [0, 0.1) is 6.92 Å². The van der Waals surface area contributed by atoms with Crippen LogP contribution in [0.3, 0.4) is 0 Å². The Bertz CT molecular complexity index is 581. The van der Waals surface area contributed by atoms with Crippen molar-refractivity contribution in [2.24, 2.45) is 0 Å². The smallest absolute Gasteiger partial charge is 0.411 e. The van der Waals surface area contributed by atoms with Crippen LogP contribution in [0.5, 0.6) is 0 Å². The average molecular weight is 321 g/mol. The first-order valence-corrected chi connectivity index (χ1v) is 7.85. The monoisotopic (exact) mass is 321 g/mol. The van der Waals surface area contributed by atoms with Crippen molar-refractivity contribution in [1.29, 1.82) is 0 Å². The standard InChI is InChI=1S/C17H27N3O3/c1-11-13(18)7-6-8-14(11)19-15(21)23-12-9-16(2,3)20(22)17(4,5)10-12/h6-8,12,22H,9-10,18H2,1-5H3,(H,19,21). The van der Waals surface area contributed by atoms with Gasteiger partial charge in [0, 0.05) is 35.3 Å². The molecule has 2 rings (SSSR count). The number of nitrogens with one attached hydrogen (secondary N) is 1. The maximum absolute atomic E-state index is 12.2. The van der Waals surface area contributed by atoms with Crippen LogP contribution in [-0.2, 0) is 4.74 Å². The summed E-state index contributed by atoms with van der Waals surface area (Å²) in [7, 11) is 0. The molecule has 0 saturated carbocycles. The summed E-state index contributed by atoms with van der Waals surface area (Å²) in [4.78, 5) is 12.2. The van der Waals surface area contributed by atoms with Crippen molar-refractivity contribution in [1.82, 2.24) is 5.06 Å². The Morgan fingerprint density at radius 3 is 2.43 bits per heavy atom. The molecule has 23 heavy (non-hydrogen) atoms. The highest BCUT2D eigenvalue weighted by Gasteiger charge is 2.46. The molecule has 0 spiro atoms. The van der Waals surface area contributed by atoms with Gasteiger partial charge in [-0.05, 0) is 52.3 Å². The van der Waals surface area contributed by atoms with Gasteiger partial charge in [-0.2, -0.15) is 5.06 Å². The molecular weight excluding hydrogens is 294 g/mol. The van der Waals surface area contributed by atoms with Gasteiger partial charge in [0.15, 0.2) is 0 Å². The number of nitrogens with zero attached hydrogens (tertiary/aromatic N) is 1. The Hall–Kier alpha value is -1.79. The van der Waals surface area contributed by atoms with Crippen molar-refractivity contribution in [3.63, 3.8) is 0 Å². The number of anilines is 2. The number of carbonyl (C=O) groups is 1. The van der Waals surface area contributed by atoms with Crippen LogP contribution < -0.4 is 11.1 Å². The molecule has 1 aliphatic rings. The van der Waals surface area contributed by atoms with E-state index in [0.717, 1.165) is 5.56 Å². The molecule has 0 bridgehead atoms. The van der Waals surface area contributed by atoms with E-state index in [4.69, 9.17) is 10.5 Å². The summed E-state index contributed by atoms with van der Waals surface area (Å²) in [6, 6.07) is 5.36. The summed E-state index contributed by atoms with van der Waals surface area (Å²) in [5.74, 6) is 0. The number of nitrogen functional groups attached to an aromatic ring is 1. The summed E-state index contributed by atoms with van der Waals surface area (Å²) in [6.07, 6.45) is 0.374. The minimum absolute atomic E-state index is 0.259. The predicted octanol–water partition coefficient (Wildman–Crippen LogP) is 3.54. The van der Waals surface area contributed by atoms with Crippen molar-refractivity contribution < 1.29 is 14.7 Å². The lowest BCUT2D eigenvalue weighted by Gasteiger charge is -2.50. The maximum atomic E-state index is 12.2. The Labute approximate surface area is 137 Å². The molecule has 1 aromatic carbocycles. The zero-order valence-corrected chi connectivity index (χ0v) is 14.5. The van der Waals surface area contributed by atoms with E-state index in [1.807, 2.05) is 34.6 Å². The average Bonchev–Trinajstić information content (AvgIpc) is 2.40. The van der Waals surface area contributed by atoms with Gasteiger partial charge in [0.2, 0.25) is 0 Å². The molecule has 1 amide bonds. The first-order valence-electron chi connectivity index (χ1n) is 7.85. The third-order valence-electron chi connectivity index (χ3n) is 4.49. The molecule has 4 N–H and O–H groups in total. The zero-order chi connectivity index (χ0) is 17.4. The van der Waals surface area contributed by atoms with Gasteiger partial charge >= 0.3 is 6.09 Å². The highest BCUT2D eigenvalue weighted by Crippen LogP contribution is 2.38. The van der Waals surface area contributed by atoms with E-state index in [0.29, 0.717) is 24.2 Å². The maximum Gasteiger partial charge on any atom is 0.411 e. The van der Waals surface area contributed by atoms with Crippen LogP contribution in [0.15, 0.2) is 18.2 Å². The van der Waals surface area contributed by atoms with Crippen LogP contribution in [0.25, 0.3) is 0 Å². The first kappa shape index (κ1) is 17.6. The fourth-order valence-corrected chi connectivity index (χ4v) is 3.34. The summed E-state index contributed by atoms with van der Waals surface area (Å²) < 4.78 is 5.58. The second-order valence-electron chi connectivity index (χ2n) is 7.52. The number of ether oxygens (including phenoxy) is 1. The molecule has 1 aliphatic heterocycles. The van der Waals surface area contributed by atoms with Crippen molar-refractivity contribution >= 4 is 17.5 Å². The lowest BCUT2D eigenvalue weighted by atomic mass is 9.80. The lowest BCUT2D eigenvalue weighted by molar-refractivity contribution is -0.256. The molecule has 1 fully saturated rings. The van der Waals surface area contributed by atoms with E-state index in [1.165, 1.54) is 5.06 Å². The van der Waals surface area contributed by atoms with E-state index in [1.54, 1.807) is 18.2 Å². The molecule has 0 aromatic heterocycles. The van der Waals surface area contributed by atoms with E-state index in [2.05, 4.69) is 5.32 Å². The summed E-state index contributed by atoms with van der Waals surface area (Å²) in [5, 5.41) is 14.4. The van der Waals surface area contributed by atoms with Crippen LogP contribution >= 0.6 is 0 Å². The lowest BCUT2D eigenvalue weighted by Crippen LogP contribution is -2.60. The van der Waals surface area contributed by atoms with E-state index < -0.39 is 17.2 Å². The normalized spacial score (nSPS) is 21.0. The third kappa shape index (κ3) is 3.76. The molecule has 6 nitrogen and oxygen atoms in total. The number of hydroxylamine groups is 2. The van der Waals surface area contributed by atoms with Gasteiger partial charge in [-0.25, -0.2) is 4.79 Å². The first-order chi connectivity index (χ1) is 10.5. The van der Waals surface area contributed by atoms with Crippen LogP contribution in [0.4, 0.5) is 16.2 Å². The molecule has 1 saturated heterocycles. The minimum Gasteiger partial charge on any atom is -0.446 e. The number of amides is 1. The molecule has 1 aromatic rings. The number of nitrogens with two attached hydrogens (primary N) is 1. The van der Waals surface area contributed by atoms with Crippen molar-refractivity contribution in [2.75, 3.05) is 11.1 Å². The number of hydrogen-bond donors (Lipinski definition) is 3. The van der Waals surface area contributed by atoms with Crippen molar-refractivity contribution in [2.45, 2.75) is 64.6 Å². The number of carbonyl (C=O) groups excluding carboxylic acids is 1. The van der Waals surface area contributed by atoms with E-state index >= 15 is 0 Å². The largest absolute Gasteiger partial charge is 0.446 e. The molecule has 0 unspecified atom stereocenters. The van der Waals surface area contributed by atoms with E-state index in [9.17, 15) is 10.0 Å². The van der Waals surface area contributed by atoms with E-state index in [-0.39, 0.29) is 6.10 Å². The number of rotatable bonds is 2. The van der Waals surface area contributed by atoms with Crippen molar-refractivity contribution in [3.05, 3.63) is 23.8 Å². The van der Waals surface area contributed by atoms with Gasteiger partial charge in [0.25, 0.3) is 0 Å². The Balaban J connectivity index is 2.04. The van der Waals surface area contributed by atoms with Gasteiger partial charge in [-0.1, -0.05) is 6.07 Å². The Morgan fingerprint density at radius 2 is 1.87 bits per heavy atom. The minimum atomic E-state index is -0.498. The Kier molecular flexibility index (Phi) is 4.59. The highest BCUT2D eigenvalue weighted by molar-refractivity contribution is 5.87. The highest BCUT2D eigenvalue weighted by atomic mass is 16.6. The molecule has 0 atom stereocenters. The van der Waals surface area contributed by atoms with Crippen LogP contribution in [0.1, 0.15) is 46.1 Å². The zero-order valence-electron chi connectivity index (χ0n) is 14.5. The second kappa shape index (κ2) is 6.02. The van der Waals surface area contributed by atoms with Gasteiger partial charge in [0.05, 0.1) is 0 Å². The van der Waals surface area contributed by atoms with Crippen LogP contribution in [0.2, 0.25) is 0 Å². The topological polar surface area (TPSA) is 87.8 Å². The van der Waals surface area contributed by atoms with Crippen molar-refractivity contribution in [3.8, 4) is 0 Å². The summed E-state index contributed by atoms with van der Waals surface area (Å²) in [6.45, 7) is 9.59. The number of benzene rings is 1. The SMILES string of the molecule is Cc1c(N)cccc1NC(=O)OC1CC(C)(C)N(O)C(C)(C)C1. The summed E-state index contributed by atoms with van der Waals surface area (Å²) in [5.41, 5.74) is 7.01. The van der Waals surface area contributed by atoms with Crippen LogP contribution in [-0.4, -0.2) is 33.5 Å². The fourth-order valence-electron chi connectivity index (χ4n) is 3.34. The second-order valence-corrected chi connectivity index (χ2v) is 7.52. The summed E-state index contributed by atoms with van der Waals surface area (Å²) >= 11 is 0. The molecular formula is C17H27N3O3. The quantitative estimate of drug-likeness (QED) is 0.725. The Morgan fingerprint density at radius 1 is 1.30 bits per heavy atom. The third-order valence-corrected chi connectivity index (χ3v) is 4.49.